The SMILES string of the molecule is CCC(C)C(=O)N(C)C(C)c1ccc(F)c(F)c1. The van der Waals surface area contributed by atoms with Crippen molar-refractivity contribution in [3.05, 3.63) is 35.4 Å². The summed E-state index contributed by atoms with van der Waals surface area (Å²) in [5.41, 5.74) is 0.591. The Morgan fingerprint density at radius 3 is 2.39 bits per heavy atom. The lowest BCUT2D eigenvalue weighted by Crippen LogP contribution is -2.33. The fraction of sp³-hybridized carbons (Fsp3) is 0.500. The average molecular weight is 255 g/mol. The summed E-state index contributed by atoms with van der Waals surface area (Å²) < 4.78 is 26.0. The Hall–Kier alpha value is -1.45. The molecule has 0 aliphatic heterocycles. The molecule has 100 valence electrons. The van der Waals surface area contributed by atoms with Crippen LogP contribution in [0.1, 0.15) is 38.8 Å². The molecule has 0 aliphatic rings. The van der Waals surface area contributed by atoms with Crippen LogP contribution < -0.4 is 0 Å². The first-order chi connectivity index (χ1) is 8.38. The van der Waals surface area contributed by atoms with Gasteiger partial charge in [-0.15, -0.1) is 0 Å². The molecule has 1 amide bonds. The van der Waals surface area contributed by atoms with E-state index in [9.17, 15) is 13.6 Å². The van der Waals surface area contributed by atoms with Crippen molar-refractivity contribution < 1.29 is 13.6 Å². The van der Waals surface area contributed by atoms with Crippen LogP contribution in [0.25, 0.3) is 0 Å². The van der Waals surface area contributed by atoms with Crippen molar-refractivity contribution in [2.75, 3.05) is 7.05 Å². The predicted molar refractivity (Wildman–Crippen MR) is 67.0 cm³/mol. The molecule has 0 heterocycles. The molecule has 18 heavy (non-hydrogen) atoms. The lowest BCUT2D eigenvalue weighted by atomic mass is 10.0. The van der Waals surface area contributed by atoms with Gasteiger partial charge in [0.2, 0.25) is 5.91 Å². The van der Waals surface area contributed by atoms with E-state index in [1.165, 1.54) is 6.07 Å². The first-order valence-electron chi connectivity index (χ1n) is 6.10. The minimum Gasteiger partial charge on any atom is -0.339 e. The van der Waals surface area contributed by atoms with Crippen LogP contribution in [-0.2, 0) is 4.79 Å². The van der Waals surface area contributed by atoms with Gasteiger partial charge < -0.3 is 4.90 Å². The lowest BCUT2D eigenvalue weighted by molar-refractivity contribution is -0.135. The molecule has 4 heteroatoms. The zero-order chi connectivity index (χ0) is 13.9. The maximum atomic E-state index is 13.2. The Bertz CT molecular complexity index is 434. The van der Waals surface area contributed by atoms with Crippen LogP contribution >= 0.6 is 0 Å². The molecule has 1 aromatic rings. The summed E-state index contributed by atoms with van der Waals surface area (Å²) in [6.45, 7) is 5.60. The van der Waals surface area contributed by atoms with E-state index in [0.29, 0.717) is 5.56 Å². The fourth-order valence-corrected chi connectivity index (χ4v) is 1.71. The van der Waals surface area contributed by atoms with Crippen molar-refractivity contribution in [1.82, 2.24) is 4.90 Å². The molecule has 2 unspecified atom stereocenters. The highest BCUT2D eigenvalue weighted by atomic mass is 19.2. The van der Waals surface area contributed by atoms with E-state index in [0.717, 1.165) is 18.6 Å². The molecular weight excluding hydrogens is 236 g/mol. The Morgan fingerprint density at radius 1 is 1.28 bits per heavy atom. The molecule has 0 N–H and O–H groups in total. The van der Waals surface area contributed by atoms with Crippen molar-refractivity contribution in [3.63, 3.8) is 0 Å². The Balaban J connectivity index is 2.89. The van der Waals surface area contributed by atoms with E-state index in [4.69, 9.17) is 0 Å². The third-order valence-corrected chi connectivity index (χ3v) is 3.39. The molecule has 0 bridgehead atoms. The van der Waals surface area contributed by atoms with Gasteiger partial charge in [-0.25, -0.2) is 8.78 Å². The van der Waals surface area contributed by atoms with Crippen molar-refractivity contribution in [2.24, 2.45) is 5.92 Å². The zero-order valence-electron chi connectivity index (χ0n) is 11.2. The third-order valence-electron chi connectivity index (χ3n) is 3.39. The summed E-state index contributed by atoms with van der Waals surface area (Å²) >= 11 is 0. The maximum Gasteiger partial charge on any atom is 0.225 e. The van der Waals surface area contributed by atoms with E-state index >= 15 is 0 Å². The average Bonchev–Trinajstić information content (AvgIpc) is 2.38. The predicted octanol–water partition coefficient (Wildman–Crippen LogP) is 3.53. The smallest absolute Gasteiger partial charge is 0.225 e. The van der Waals surface area contributed by atoms with Crippen LogP contribution in [0.3, 0.4) is 0 Å². The monoisotopic (exact) mass is 255 g/mol. The first-order valence-corrected chi connectivity index (χ1v) is 6.10. The Labute approximate surface area is 107 Å². The molecule has 0 saturated heterocycles. The van der Waals surface area contributed by atoms with Crippen molar-refractivity contribution in [2.45, 2.75) is 33.2 Å². The highest BCUT2D eigenvalue weighted by molar-refractivity contribution is 5.78. The number of hydrogen-bond donors (Lipinski definition) is 0. The summed E-state index contributed by atoms with van der Waals surface area (Å²) in [6, 6.07) is 3.45. The topological polar surface area (TPSA) is 20.3 Å². The van der Waals surface area contributed by atoms with Gasteiger partial charge in [-0.05, 0) is 31.0 Å². The number of halogens is 2. The molecule has 0 aliphatic carbocycles. The number of amides is 1. The van der Waals surface area contributed by atoms with E-state index in [-0.39, 0.29) is 17.9 Å². The Kier molecular flexibility index (Phi) is 4.82. The Morgan fingerprint density at radius 2 is 1.89 bits per heavy atom. The van der Waals surface area contributed by atoms with Gasteiger partial charge in [0, 0.05) is 13.0 Å². The minimum absolute atomic E-state index is 0.00901. The summed E-state index contributed by atoms with van der Waals surface area (Å²) in [7, 11) is 1.68. The van der Waals surface area contributed by atoms with E-state index in [2.05, 4.69) is 0 Å². The quantitative estimate of drug-likeness (QED) is 0.806. The van der Waals surface area contributed by atoms with Gasteiger partial charge in [0.05, 0.1) is 6.04 Å². The number of nitrogens with zero attached hydrogens (tertiary/aromatic N) is 1. The molecule has 0 fully saturated rings. The third kappa shape index (κ3) is 3.06. The maximum absolute atomic E-state index is 13.2. The number of hydrogen-bond acceptors (Lipinski definition) is 1. The minimum atomic E-state index is -0.885. The van der Waals surface area contributed by atoms with Gasteiger partial charge in [-0.1, -0.05) is 19.9 Å². The number of carbonyl (C=O) groups excluding carboxylic acids is 1. The number of rotatable bonds is 4. The van der Waals surface area contributed by atoms with Crippen LogP contribution in [-0.4, -0.2) is 17.9 Å². The second-order valence-electron chi connectivity index (χ2n) is 4.61. The largest absolute Gasteiger partial charge is 0.339 e. The second-order valence-corrected chi connectivity index (χ2v) is 4.61. The molecule has 0 aromatic heterocycles. The van der Waals surface area contributed by atoms with Crippen molar-refractivity contribution in [3.8, 4) is 0 Å². The van der Waals surface area contributed by atoms with Crippen LogP contribution in [0.2, 0.25) is 0 Å². The molecule has 1 rings (SSSR count). The molecule has 0 saturated carbocycles. The van der Waals surface area contributed by atoms with Gasteiger partial charge in [0.1, 0.15) is 0 Å². The van der Waals surface area contributed by atoms with E-state index in [1.54, 1.807) is 18.9 Å². The second kappa shape index (κ2) is 5.94. The van der Waals surface area contributed by atoms with Crippen LogP contribution in [0.15, 0.2) is 18.2 Å². The summed E-state index contributed by atoms with van der Waals surface area (Å²) in [5.74, 6) is -1.82. The normalized spacial score (nSPS) is 14.1. The van der Waals surface area contributed by atoms with E-state index < -0.39 is 11.6 Å². The molecular formula is C14H19F2NO. The van der Waals surface area contributed by atoms with Gasteiger partial charge >= 0.3 is 0 Å². The molecule has 0 radical (unpaired) electrons. The zero-order valence-corrected chi connectivity index (χ0v) is 11.2. The molecule has 2 atom stereocenters. The van der Waals surface area contributed by atoms with Gasteiger partial charge in [-0.3, -0.25) is 4.79 Å². The van der Waals surface area contributed by atoms with Crippen LogP contribution in [0.4, 0.5) is 8.78 Å². The van der Waals surface area contributed by atoms with E-state index in [1.807, 2.05) is 13.8 Å². The molecule has 0 spiro atoms. The summed E-state index contributed by atoms with van der Waals surface area (Å²) in [4.78, 5) is 13.6. The standard InChI is InChI=1S/C14H19F2NO/c1-5-9(2)14(18)17(4)10(3)11-6-7-12(15)13(16)8-11/h6-10H,5H2,1-4H3. The highest BCUT2D eigenvalue weighted by Gasteiger charge is 2.21. The van der Waals surface area contributed by atoms with Gasteiger partial charge in [-0.2, -0.15) is 0 Å². The molecule has 1 aromatic carbocycles. The number of benzene rings is 1. The first kappa shape index (κ1) is 14.6. The summed E-state index contributed by atoms with van der Waals surface area (Å²) in [6.07, 6.45) is 0.758. The number of carbonyl (C=O) groups is 1. The van der Waals surface area contributed by atoms with Gasteiger partial charge in [0.25, 0.3) is 0 Å². The van der Waals surface area contributed by atoms with Crippen molar-refractivity contribution in [1.29, 1.82) is 0 Å². The summed E-state index contributed by atoms with van der Waals surface area (Å²) in [5, 5.41) is 0. The van der Waals surface area contributed by atoms with Crippen LogP contribution in [0, 0.1) is 17.6 Å². The fourth-order valence-electron chi connectivity index (χ4n) is 1.71. The highest BCUT2D eigenvalue weighted by Crippen LogP contribution is 2.22. The molecule has 2 nitrogen and oxygen atoms in total. The lowest BCUT2D eigenvalue weighted by Gasteiger charge is -2.27. The van der Waals surface area contributed by atoms with Crippen molar-refractivity contribution >= 4 is 5.91 Å². The van der Waals surface area contributed by atoms with Gasteiger partial charge in [0.15, 0.2) is 11.6 Å². The van der Waals surface area contributed by atoms with Crippen LogP contribution in [0.5, 0.6) is 0 Å².